The van der Waals surface area contributed by atoms with Crippen LogP contribution in [0.5, 0.6) is 0 Å². The summed E-state index contributed by atoms with van der Waals surface area (Å²) in [6, 6.07) is 0. The van der Waals surface area contributed by atoms with Crippen molar-refractivity contribution in [2.75, 3.05) is 0 Å². The predicted octanol–water partition coefficient (Wildman–Crippen LogP) is 1.53. The lowest BCUT2D eigenvalue weighted by Crippen LogP contribution is -2.11. The molecule has 0 radical (unpaired) electrons. The van der Waals surface area contributed by atoms with E-state index in [1.807, 2.05) is 0 Å². The Morgan fingerprint density at radius 1 is 1.60 bits per heavy atom. The molecule has 0 aliphatic carbocycles. The van der Waals surface area contributed by atoms with E-state index in [1.54, 1.807) is 6.92 Å². The normalized spacial score (nSPS) is 32.6. The molecule has 2 heteroatoms. The smallest absolute Gasteiger partial charge is 0.132 e. The number of ether oxygens (including phenoxy) is 1. The zero-order valence-electron chi connectivity index (χ0n) is 6.59. The van der Waals surface area contributed by atoms with Crippen LogP contribution in [0.15, 0.2) is 0 Å². The number of hydrogen-bond acceptors (Lipinski definition) is 2. The summed E-state index contributed by atoms with van der Waals surface area (Å²) < 4.78 is 5.45. The second-order valence-electron chi connectivity index (χ2n) is 3.05. The van der Waals surface area contributed by atoms with E-state index in [0.29, 0.717) is 12.5 Å². The molecule has 0 unspecified atom stereocenters. The van der Waals surface area contributed by atoms with Crippen LogP contribution in [0.25, 0.3) is 0 Å². The highest BCUT2D eigenvalue weighted by Gasteiger charge is 2.22. The van der Waals surface area contributed by atoms with E-state index >= 15 is 0 Å². The fourth-order valence-electron chi connectivity index (χ4n) is 1.36. The lowest BCUT2D eigenvalue weighted by Gasteiger charge is -2.07. The zero-order chi connectivity index (χ0) is 7.56. The minimum absolute atomic E-state index is 0.215. The van der Waals surface area contributed by atoms with Crippen LogP contribution in [-0.4, -0.2) is 18.0 Å². The fraction of sp³-hybridized carbons (Fsp3) is 0.875. The second kappa shape index (κ2) is 3.15. The van der Waals surface area contributed by atoms with E-state index in [2.05, 4.69) is 6.92 Å². The van der Waals surface area contributed by atoms with Gasteiger partial charge >= 0.3 is 0 Å². The van der Waals surface area contributed by atoms with Crippen molar-refractivity contribution in [1.82, 2.24) is 0 Å². The molecule has 1 aliphatic heterocycles. The van der Waals surface area contributed by atoms with Gasteiger partial charge in [0.05, 0.1) is 12.2 Å². The van der Waals surface area contributed by atoms with Crippen LogP contribution >= 0.6 is 0 Å². The summed E-state index contributed by atoms with van der Waals surface area (Å²) in [5.74, 6) is 0.235. The maximum Gasteiger partial charge on any atom is 0.132 e. The first-order chi connectivity index (χ1) is 4.68. The second-order valence-corrected chi connectivity index (χ2v) is 3.05. The Morgan fingerprint density at radius 2 is 2.30 bits per heavy atom. The molecule has 0 aromatic heterocycles. The van der Waals surface area contributed by atoms with Crippen molar-refractivity contribution in [2.45, 2.75) is 45.3 Å². The van der Waals surface area contributed by atoms with Crippen molar-refractivity contribution >= 4 is 5.78 Å². The summed E-state index contributed by atoms with van der Waals surface area (Å²) >= 11 is 0. The Hall–Kier alpha value is -0.370. The average molecular weight is 142 g/mol. The van der Waals surface area contributed by atoms with Crippen molar-refractivity contribution in [3.05, 3.63) is 0 Å². The standard InChI is InChI=1S/C8H14O2/c1-6(9)5-8-4-3-7(2)10-8/h7-8H,3-5H2,1-2H3/t7-,8-/m0/s1. The summed E-state index contributed by atoms with van der Waals surface area (Å²) in [5, 5.41) is 0. The molecule has 1 fully saturated rings. The van der Waals surface area contributed by atoms with Gasteiger partial charge in [0.25, 0.3) is 0 Å². The number of ketones is 1. The van der Waals surface area contributed by atoms with E-state index in [1.165, 1.54) is 0 Å². The number of Topliss-reactive ketones (excluding diaryl/α,β-unsaturated/α-hetero) is 1. The summed E-state index contributed by atoms with van der Waals surface area (Å²) in [6.07, 6.45) is 3.35. The lowest BCUT2D eigenvalue weighted by atomic mass is 10.1. The molecule has 0 aromatic rings. The Balaban J connectivity index is 2.24. The number of rotatable bonds is 2. The molecule has 2 atom stereocenters. The average Bonchev–Trinajstić information content (AvgIpc) is 2.13. The number of hydrogen-bond donors (Lipinski definition) is 0. The van der Waals surface area contributed by atoms with E-state index < -0.39 is 0 Å². The predicted molar refractivity (Wildman–Crippen MR) is 38.9 cm³/mol. The van der Waals surface area contributed by atoms with Crippen molar-refractivity contribution < 1.29 is 9.53 Å². The first-order valence-corrected chi connectivity index (χ1v) is 3.83. The Labute approximate surface area is 61.6 Å². The van der Waals surface area contributed by atoms with Crippen LogP contribution in [0.1, 0.15) is 33.1 Å². The van der Waals surface area contributed by atoms with Gasteiger partial charge in [0.1, 0.15) is 5.78 Å². The van der Waals surface area contributed by atoms with E-state index in [9.17, 15) is 4.79 Å². The quantitative estimate of drug-likeness (QED) is 0.584. The fourth-order valence-corrected chi connectivity index (χ4v) is 1.36. The summed E-state index contributed by atoms with van der Waals surface area (Å²) in [5.41, 5.74) is 0. The molecule has 0 spiro atoms. The third kappa shape index (κ3) is 2.10. The monoisotopic (exact) mass is 142 g/mol. The molecule has 58 valence electrons. The van der Waals surface area contributed by atoms with Gasteiger partial charge in [0, 0.05) is 6.42 Å². The molecule has 1 rings (SSSR count). The SMILES string of the molecule is CC(=O)C[C@@H]1CC[C@H](C)O1. The van der Waals surface area contributed by atoms with Gasteiger partial charge in [0.2, 0.25) is 0 Å². The van der Waals surface area contributed by atoms with E-state index in [-0.39, 0.29) is 11.9 Å². The van der Waals surface area contributed by atoms with Crippen molar-refractivity contribution in [3.8, 4) is 0 Å². The van der Waals surface area contributed by atoms with Gasteiger partial charge in [0.15, 0.2) is 0 Å². The highest BCUT2D eigenvalue weighted by Crippen LogP contribution is 2.21. The lowest BCUT2D eigenvalue weighted by molar-refractivity contribution is -0.119. The van der Waals surface area contributed by atoms with Gasteiger partial charge in [-0.25, -0.2) is 0 Å². The van der Waals surface area contributed by atoms with Crippen LogP contribution < -0.4 is 0 Å². The molecule has 0 N–H and O–H groups in total. The molecule has 1 aliphatic rings. The molecule has 0 bridgehead atoms. The summed E-state index contributed by atoms with van der Waals surface area (Å²) in [7, 11) is 0. The van der Waals surface area contributed by atoms with Crippen LogP contribution in [-0.2, 0) is 9.53 Å². The minimum Gasteiger partial charge on any atom is -0.375 e. The van der Waals surface area contributed by atoms with Crippen molar-refractivity contribution in [2.24, 2.45) is 0 Å². The Morgan fingerprint density at radius 3 is 2.70 bits per heavy atom. The topological polar surface area (TPSA) is 26.3 Å². The molecular weight excluding hydrogens is 128 g/mol. The molecule has 1 heterocycles. The van der Waals surface area contributed by atoms with Crippen LogP contribution in [0.2, 0.25) is 0 Å². The molecule has 10 heavy (non-hydrogen) atoms. The van der Waals surface area contributed by atoms with Crippen LogP contribution in [0, 0.1) is 0 Å². The van der Waals surface area contributed by atoms with E-state index in [4.69, 9.17) is 4.74 Å². The number of carbonyl (C=O) groups is 1. The number of carbonyl (C=O) groups excluding carboxylic acids is 1. The van der Waals surface area contributed by atoms with Gasteiger partial charge in [-0.1, -0.05) is 0 Å². The maximum atomic E-state index is 10.6. The van der Waals surface area contributed by atoms with Crippen LogP contribution in [0.3, 0.4) is 0 Å². The van der Waals surface area contributed by atoms with Gasteiger partial charge < -0.3 is 4.74 Å². The largest absolute Gasteiger partial charge is 0.375 e. The minimum atomic E-state index is 0.215. The van der Waals surface area contributed by atoms with Gasteiger partial charge in [-0.05, 0) is 26.7 Å². The molecule has 0 amide bonds. The third-order valence-electron chi connectivity index (χ3n) is 1.84. The zero-order valence-corrected chi connectivity index (χ0v) is 6.59. The molecule has 0 saturated carbocycles. The summed E-state index contributed by atoms with van der Waals surface area (Å²) in [4.78, 5) is 10.6. The van der Waals surface area contributed by atoms with Crippen LogP contribution in [0.4, 0.5) is 0 Å². The maximum absolute atomic E-state index is 10.6. The van der Waals surface area contributed by atoms with Gasteiger partial charge in [-0.2, -0.15) is 0 Å². The first-order valence-electron chi connectivity index (χ1n) is 3.83. The Kier molecular flexibility index (Phi) is 2.44. The molecular formula is C8H14O2. The molecule has 0 aromatic carbocycles. The first kappa shape index (κ1) is 7.73. The highest BCUT2D eigenvalue weighted by molar-refractivity contribution is 5.75. The van der Waals surface area contributed by atoms with Gasteiger partial charge in [-0.15, -0.1) is 0 Å². The Bertz CT molecular complexity index is 131. The van der Waals surface area contributed by atoms with Crippen molar-refractivity contribution in [3.63, 3.8) is 0 Å². The van der Waals surface area contributed by atoms with E-state index in [0.717, 1.165) is 12.8 Å². The highest BCUT2D eigenvalue weighted by atomic mass is 16.5. The third-order valence-corrected chi connectivity index (χ3v) is 1.84. The molecule has 1 saturated heterocycles. The van der Waals surface area contributed by atoms with Gasteiger partial charge in [-0.3, -0.25) is 4.79 Å². The van der Waals surface area contributed by atoms with Crippen molar-refractivity contribution in [1.29, 1.82) is 0 Å². The molecule has 2 nitrogen and oxygen atoms in total. The summed E-state index contributed by atoms with van der Waals surface area (Å²) in [6.45, 7) is 3.67.